The van der Waals surface area contributed by atoms with Gasteiger partial charge in [-0.3, -0.25) is 19.2 Å². The molecule has 3 aliphatic carbocycles. The number of nitrogens with one attached hydrogen (secondary N) is 4. The largest absolute Gasteiger partial charge is 0.346 e. The minimum Gasteiger partial charge on any atom is -0.346 e. The van der Waals surface area contributed by atoms with Crippen LogP contribution in [0.5, 0.6) is 0 Å². The molecule has 1 saturated heterocycles. The lowest BCUT2D eigenvalue weighted by molar-refractivity contribution is -0.144. The van der Waals surface area contributed by atoms with Crippen LogP contribution in [0.4, 0.5) is 4.79 Å². The monoisotopic (exact) mass is 767 g/mol. The number of Topliss-reactive ketones (excluding diaryl/α,β-unsaturated/α-hetero) is 1. The normalized spacial score (nSPS) is 23.7. The van der Waals surface area contributed by atoms with E-state index in [9.17, 15) is 32.4 Å². The third-order valence-corrected chi connectivity index (χ3v) is 14.2. The molecule has 0 bridgehead atoms. The molecule has 1 aromatic carbocycles. The number of carbonyl (C=O) groups is 5. The van der Waals surface area contributed by atoms with E-state index in [0.717, 1.165) is 30.4 Å². The van der Waals surface area contributed by atoms with Gasteiger partial charge < -0.3 is 26.2 Å². The van der Waals surface area contributed by atoms with Crippen LogP contribution in [0.2, 0.25) is 0 Å². The van der Waals surface area contributed by atoms with Crippen molar-refractivity contribution in [1.82, 2.24) is 26.2 Å². The quantitative estimate of drug-likeness (QED) is 0.138. The molecule has 298 valence electrons. The molecule has 13 heteroatoms. The minimum absolute atomic E-state index is 0.0465. The van der Waals surface area contributed by atoms with Crippen molar-refractivity contribution in [2.75, 3.05) is 24.6 Å². The summed E-state index contributed by atoms with van der Waals surface area (Å²) in [4.78, 5) is 70.5. The van der Waals surface area contributed by atoms with Gasteiger partial charge in [0, 0.05) is 13.1 Å². The minimum atomic E-state index is -3.47. The van der Waals surface area contributed by atoms with Gasteiger partial charge in [0.15, 0.2) is 9.84 Å². The fourth-order valence-electron chi connectivity index (χ4n) is 9.29. The highest BCUT2D eigenvalue weighted by atomic mass is 32.2. The van der Waals surface area contributed by atoms with Gasteiger partial charge in [0.25, 0.3) is 5.91 Å². The predicted molar refractivity (Wildman–Crippen MR) is 208 cm³/mol. The molecule has 12 nitrogen and oxygen atoms in total. The molecule has 4 aliphatic rings. The van der Waals surface area contributed by atoms with Gasteiger partial charge in [-0.05, 0) is 78.7 Å². The van der Waals surface area contributed by atoms with E-state index in [0.29, 0.717) is 45.1 Å². The highest BCUT2D eigenvalue weighted by molar-refractivity contribution is 7.91. The van der Waals surface area contributed by atoms with Gasteiger partial charge in [0.05, 0.1) is 23.1 Å². The number of fused-ring (bicyclic) bond motifs is 2. The first kappa shape index (κ1) is 41.4. The molecule has 0 aromatic heterocycles. The fourth-order valence-corrected chi connectivity index (χ4v) is 11.5. The molecule has 5 atom stereocenters. The Labute approximate surface area is 321 Å². The Morgan fingerprint density at radius 1 is 0.981 bits per heavy atom. The van der Waals surface area contributed by atoms with Crippen LogP contribution in [-0.2, 0) is 41.9 Å². The van der Waals surface area contributed by atoms with Crippen molar-refractivity contribution in [1.29, 1.82) is 0 Å². The van der Waals surface area contributed by atoms with E-state index in [1.54, 1.807) is 4.90 Å². The van der Waals surface area contributed by atoms with Crippen molar-refractivity contribution >= 4 is 39.4 Å². The number of piperidine rings is 1. The van der Waals surface area contributed by atoms with E-state index in [1.165, 1.54) is 6.08 Å². The number of rotatable bonds is 17. The van der Waals surface area contributed by atoms with Gasteiger partial charge in [0.1, 0.15) is 12.1 Å². The Bertz CT molecular complexity index is 1680. The number of hydrogen-bond donors (Lipinski definition) is 4. The maximum absolute atomic E-state index is 14.9. The van der Waals surface area contributed by atoms with E-state index in [-0.39, 0.29) is 59.5 Å². The summed E-state index contributed by atoms with van der Waals surface area (Å²) in [6.07, 6.45) is 7.52. The van der Waals surface area contributed by atoms with Gasteiger partial charge in [-0.1, -0.05) is 90.6 Å². The van der Waals surface area contributed by atoms with Crippen LogP contribution >= 0.6 is 0 Å². The lowest BCUT2D eigenvalue weighted by Crippen LogP contribution is -2.63. The van der Waals surface area contributed by atoms with Gasteiger partial charge in [-0.15, -0.1) is 6.58 Å². The number of amides is 5. The van der Waals surface area contributed by atoms with E-state index in [4.69, 9.17) is 0 Å². The van der Waals surface area contributed by atoms with Gasteiger partial charge in [-0.2, -0.15) is 0 Å². The van der Waals surface area contributed by atoms with Crippen molar-refractivity contribution < 1.29 is 32.4 Å². The molecule has 4 N–H and O–H groups in total. The molecule has 3 fully saturated rings. The second-order valence-electron chi connectivity index (χ2n) is 17.2. The maximum atomic E-state index is 14.9. The molecule has 0 radical (unpaired) electrons. The second kappa shape index (κ2) is 17.0. The standard InChI is InChI=1S/C41H61N5O7S/c1-7-14-31(35(47)37(49)42-20-8-2)43-36(48)34-32-30(40(32,5)6)24-46(34)38(50)33(29-22-27-15-10-11-16-28(27)23-29)44-39(51)45-41(18-12-9-13-19-41)25-54(52,53)21-17-26(3)4/h8,10-11,15-16,26,29-34H,2,7,9,12-14,17-25H2,1,3-6H3,(H,42,49)(H,43,48)(H2,44,45,51)/t30?,31?,32-,33-,34-/m0/s1. The number of hydrogen-bond acceptors (Lipinski definition) is 7. The molecule has 0 spiro atoms. The smallest absolute Gasteiger partial charge is 0.315 e. The number of sulfone groups is 1. The second-order valence-corrected chi connectivity index (χ2v) is 19.4. The zero-order valence-corrected chi connectivity index (χ0v) is 33.6. The number of urea groups is 1. The van der Waals surface area contributed by atoms with Crippen molar-refractivity contribution in [2.45, 2.75) is 122 Å². The van der Waals surface area contributed by atoms with Crippen LogP contribution in [-0.4, -0.2) is 91.1 Å². The molecular weight excluding hydrogens is 707 g/mol. The molecule has 1 aliphatic heterocycles. The van der Waals surface area contributed by atoms with E-state index >= 15 is 0 Å². The Morgan fingerprint density at radius 3 is 2.22 bits per heavy atom. The summed E-state index contributed by atoms with van der Waals surface area (Å²) in [5, 5.41) is 11.4. The van der Waals surface area contributed by atoms with Crippen molar-refractivity contribution in [3.8, 4) is 0 Å². The third kappa shape index (κ3) is 9.37. The first-order valence-electron chi connectivity index (χ1n) is 19.9. The summed E-state index contributed by atoms with van der Waals surface area (Å²) >= 11 is 0. The van der Waals surface area contributed by atoms with Gasteiger partial charge in [-0.25, -0.2) is 13.2 Å². The van der Waals surface area contributed by atoms with Gasteiger partial charge in [0.2, 0.25) is 17.6 Å². The lowest BCUT2D eigenvalue weighted by atomic mass is 9.83. The molecule has 2 saturated carbocycles. The number of likely N-dealkylation sites (tertiary alicyclic amines) is 1. The molecule has 1 aromatic rings. The van der Waals surface area contributed by atoms with Gasteiger partial charge >= 0.3 is 6.03 Å². The average molecular weight is 768 g/mol. The molecule has 1 heterocycles. The predicted octanol–water partition coefficient (Wildman–Crippen LogP) is 3.87. The summed E-state index contributed by atoms with van der Waals surface area (Å²) in [7, 11) is -3.47. The van der Waals surface area contributed by atoms with Crippen LogP contribution in [0.25, 0.3) is 0 Å². The van der Waals surface area contributed by atoms with Crippen LogP contribution in [0.15, 0.2) is 36.9 Å². The summed E-state index contributed by atoms with van der Waals surface area (Å²) in [6.45, 7) is 14.0. The van der Waals surface area contributed by atoms with Crippen LogP contribution in [0.3, 0.4) is 0 Å². The summed E-state index contributed by atoms with van der Waals surface area (Å²) in [6, 6.07) is 4.41. The highest BCUT2D eigenvalue weighted by Crippen LogP contribution is 2.65. The Morgan fingerprint density at radius 2 is 1.63 bits per heavy atom. The number of nitrogens with zero attached hydrogens (tertiary/aromatic N) is 1. The summed E-state index contributed by atoms with van der Waals surface area (Å²) in [5.74, 6) is -2.71. The summed E-state index contributed by atoms with van der Waals surface area (Å²) in [5.41, 5.74) is 1.03. The Hall–Kier alpha value is -3.74. The molecule has 5 rings (SSSR count). The molecular formula is C41H61N5O7S. The third-order valence-electron chi connectivity index (χ3n) is 12.4. The van der Waals surface area contributed by atoms with Crippen molar-refractivity contribution in [3.63, 3.8) is 0 Å². The summed E-state index contributed by atoms with van der Waals surface area (Å²) < 4.78 is 26.7. The highest BCUT2D eigenvalue weighted by Gasteiger charge is 2.70. The Kier molecular flexibility index (Phi) is 13.0. The zero-order chi connectivity index (χ0) is 39.4. The maximum Gasteiger partial charge on any atom is 0.315 e. The first-order chi connectivity index (χ1) is 25.5. The van der Waals surface area contributed by atoms with E-state index in [2.05, 4.69) is 41.7 Å². The van der Waals surface area contributed by atoms with Crippen molar-refractivity contribution in [2.24, 2.45) is 29.1 Å². The SMILES string of the molecule is C=CCNC(=O)C(=O)C(CCC)NC(=O)[C@@H]1[C@@H]2C(CN1C(=O)[C@@H](NC(=O)NC1(CS(=O)(=O)CCC(C)C)CCCCC1)C1Cc3ccccc3C1)C2(C)C. The topological polar surface area (TPSA) is 171 Å². The van der Waals surface area contributed by atoms with E-state index < -0.39 is 57.1 Å². The fraction of sp³-hybridized carbons (Fsp3) is 0.683. The average Bonchev–Trinajstić information content (AvgIpc) is 3.47. The Balaban J connectivity index is 1.40. The molecule has 2 unspecified atom stereocenters. The van der Waals surface area contributed by atoms with Crippen LogP contribution in [0, 0.1) is 29.1 Å². The van der Waals surface area contributed by atoms with Crippen molar-refractivity contribution in [3.05, 3.63) is 48.0 Å². The molecule has 54 heavy (non-hydrogen) atoms. The van der Waals surface area contributed by atoms with Crippen LogP contribution in [0.1, 0.15) is 97.1 Å². The number of ketones is 1. The number of carbonyl (C=O) groups excluding carboxylic acids is 5. The number of benzene rings is 1. The molecule has 5 amide bonds. The lowest BCUT2D eigenvalue weighted by Gasteiger charge is -2.39. The zero-order valence-electron chi connectivity index (χ0n) is 32.7. The van der Waals surface area contributed by atoms with E-state index in [1.807, 2.05) is 45.0 Å². The first-order valence-corrected chi connectivity index (χ1v) is 21.7. The van der Waals surface area contributed by atoms with Crippen LogP contribution < -0.4 is 21.3 Å².